The van der Waals surface area contributed by atoms with Crippen molar-refractivity contribution in [2.45, 2.75) is 20.4 Å². The van der Waals surface area contributed by atoms with Gasteiger partial charge in [-0.25, -0.2) is 0 Å². The van der Waals surface area contributed by atoms with E-state index < -0.39 is 0 Å². The molecule has 0 aliphatic carbocycles. The first-order chi connectivity index (χ1) is 11.0. The lowest BCUT2D eigenvalue weighted by molar-refractivity contribution is -0.125. The first-order valence-corrected chi connectivity index (χ1v) is 7.63. The Hall–Kier alpha value is -2.55. The van der Waals surface area contributed by atoms with Gasteiger partial charge in [0.2, 0.25) is 5.91 Å². The van der Waals surface area contributed by atoms with Crippen LogP contribution in [0.5, 0.6) is 5.75 Å². The van der Waals surface area contributed by atoms with E-state index in [1.807, 2.05) is 62.4 Å². The van der Waals surface area contributed by atoms with Crippen molar-refractivity contribution in [2.24, 2.45) is 0 Å². The summed E-state index contributed by atoms with van der Waals surface area (Å²) in [6.07, 6.45) is 3.44. The Labute approximate surface area is 138 Å². The minimum Gasteiger partial charge on any atom is -0.496 e. The van der Waals surface area contributed by atoms with Gasteiger partial charge in [0.05, 0.1) is 7.11 Å². The fourth-order valence-corrected chi connectivity index (χ4v) is 2.34. The molecule has 0 aromatic heterocycles. The maximum absolute atomic E-state index is 12.3. The third-order valence-electron chi connectivity index (χ3n) is 3.72. The van der Waals surface area contributed by atoms with Crippen LogP contribution in [0, 0.1) is 13.8 Å². The van der Waals surface area contributed by atoms with E-state index in [0.717, 1.165) is 22.4 Å². The smallest absolute Gasteiger partial charge is 0.246 e. The van der Waals surface area contributed by atoms with Gasteiger partial charge >= 0.3 is 0 Å². The highest BCUT2D eigenvalue weighted by molar-refractivity contribution is 5.91. The van der Waals surface area contributed by atoms with Crippen molar-refractivity contribution in [1.29, 1.82) is 0 Å². The molecule has 0 saturated carbocycles. The Kier molecular flexibility index (Phi) is 5.58. The molecule has 2 aromatic rings. The minimum absolute atomic E-state index is 0.0332. The normalized spacial score (nSPS) is 10.8. The van der Waals surface area contributed by atoms with Gasteiger partial charge in [-0.05, 0) is 31.6 Å². The van der Waals surface area contributed by atoms with Gasteiger partial charge < -0.3 is 9.64 Å². The summed E-state index contributed by atoms with van der Waals surface area (Å²) >= 11 is 0. The SMILES string of the molecule is COc1ccc(C)cc1CN(C)C(=O)/C=C/c1ccc(C)cc1. The zero-order valence-corrected chi connectivity index (χ0v) is 14.2. The Balaban J connectivity index is 2.05. The van der Waals surface area contributed by atoms with Gasteiger partial charge in [0, 0.05) is 25.2 Å². The largest absolute Gasteiger partial charge is 0.496 e. The zero-order chi connectivity index (χ0) is 16.8. The minimum atomic E-state index is -0.0332. The van der Waals surface area contributed by atoms with Crippen LogP contribution in [0.2, 0.25) is 0 Å². The number of rotatable bonds is 5. The predicted octanol–water partition coefficient (Wildman–Crippen LogP) is 3.98. The van der Waals surface area contributed by atoms with Gasteiger partial charge in [-0.1, -0.05) is 47.5 Å². The zero-order valence-electron chi connectivity index (χ0n) is 14.2. The number of ether oxygens (including phenoxy) is 1. The first kappa shape index (κ1) is 16.8. The number of nitrogens with zero attached hydrogens (tertiary/aromatic N) is 1. The Bertz CT molecular complexity index is 702. The summed E-state index contributed by atoms with van der Waals surface area (Å²) in [5, 5.41) is 0. The molecule has 0 unspecified atom stereocenters. The Morgan fingerprint density at radius 1 is 1.09 bits per heavy atom. The number of methoxy groups -OCH3 is 1. The van der Waals surface area contributed by atoms with Gasteiger partial charge in [-0.2, -0.15) is 0 Å². The molecule has 3 nitrogen and oxygen atoms in total. The molecule has 3 heteroatoms. The van der Waals surface area contributed by atoms with Crippen LogP contribution >= 0.6 is 0 Å². The summed E-state index contributed by atoms with van der Waals surface area (Å²) in [5.41, 5.74) is 4.38. The van der Waals surface area contributed by atoms with E-state index in [1.165, 1.54) is 5.56 Å². The van der Waals surface area contributed by atoms with Gasteiger partial charge in [0.15, 0.2) is 0 Å². The Morgan fingerprint density at radius 2 is 1.74 bits per heavy atom. The molecule has 0 aliphatic rings. The average Bonchev–Trinajstić information content (AvgIpc) is 2.54. The molecule has 1 amide bonds. The van der Waals surface area contributed by atoms with Crippen molar-refractivity contribution in [1.82, 2.24) is 4.90 Å². The molecule has 0 fully saturated rings. The van der Waals surface area contributed by atoms with Crippen LogP contribution in [0.3, 0.4) is 0 Å². The van der Waals surface area contributed by atoms with Crippen LogP contribution in [-0.2, 0) is 11.3 Å². The van der Waals surface area contributed by atoms with Gasteiger partial charge in [0.1, 0.15) is 5.75 Å². The molecule has 23 heavy (non-hydrogen) atoms. The van der Waals surface area contributed by atoms with Crippen molar-refractivity contribution in [3.63, 3.8) is 0 Å². The average molecular weight is 309 g/mol. The summed E-state index contributed by atoms with van der Waals surface area (Å²) in [4.78, 5) is 14.0. The van der Waals surface area contributed by atoms with Crippen LogP contribution in [-0.4, -0.2) is 25.0 Å². The number of benzene rings is 2. The van der Waals surface area contributed by atoms with E-state index in [4.69, 9.17) is 4.74 Å². The highest BCUT2D eigenvalue weighted by Gasteiger charge is 2.10. The van der Waals surface area contributed by atoms with Crippen molar-refractivity contribution in [3.05, 3.63) is 70.8 Å². The van der Waals surface area contributed by atoms with E-state index in [0.29, 0.717) is 6.54 Å². The molecule has 2 rings (SSSR count). The third-order valence-corrected chi connectivity index (χ3v) is 3.72. The molecule has 0 heterocycles. The topological polar surface area (TPSA) is 29.5 Å². The van der Waals surface area contributed by atoms with Crippen LogP contribution in [0.1, 0.15) is 22.3 Å². The Morgan fingerprint density at radius 3 is 2.39 bits per heavy atom. The molecule has 0 bridgehead atoms. The molecule has 0 spiro atoms. The molecule has 2 aromatic carbocycles. The molecular weight excluding hydrogens is 286 g/mol. The lowest BCUT2D eigenvalue weighted by atomic mass is 10.1. The van der Waals surface area contributed by atoms with Crippen molar-refractivity contribution in [2.75, 3.05) is 14.2 Å². The van der Waals surface area contributed by atoms with E-state index in [1.54, 1.807) is 25.1 Å². The molecule has 0 N–H and O–H groups in total. The summed E-state index contributed by atoms with van der Waals surface area (Å²) < 4.78 is 5.37. The fraction of sp³-hybridized carbons (Fsp3) is 0.250. The second kappa shape index (κ2) is 7.63. The highest BCUT2D eigenvalue weighted by Crippen LogP contribution is 2.21. The molecular formula is C20H23NO2. The summed E-state index contributed by atoms with van der Waals surface area (Å²) in [5.74, 6) is 0.770. The first-order valence-electron chi connectivity index (χ1n) is 7.63. The van der Waals surface area contributed by atoms with Gasteiger partial charge in [0.25, 0.3) is 0 Å². The van der Waals surface area contributed by atoms with Crippen LogP contribution in [0.25, 0.3) is 6.08 Å². The lowest BCUT2D eigenvalue weighted by Gasteiger charge is -2.17. The van der Waals surface area contributed by atoms with Crippen LogP contribution in [0.15, 0.2) is 48.5 Å². The molecule has 0 saturated heterocycles. The van der Waals surface area contributed by atoms with E-state index in [-0.39, 0.29) is 5.91 Å². The summed E-state index contributed by atoms with van der Waals surface area (Å²) in [6.45, 7) is 4.59. The van der Waals surface area contributed by atoms with E-state index in [9.17, 15) is 4.79 Å². The van der Waals surface area contributed by atoms with E-state index >= 15 is 0 Å². The quantitative estimate of drug-likeness (QED) is 0.782. The number of hydrogen-bond acceptors (Lipinski definition) is 2. The lowest BCUT2D eigenvalue weighted by Crippen LogP contribution is -2.24. The second-order valence-electron chi connectivity index (χ2n) is 5.75. The maximum Gasteiger partial charge on any atom is 0.246 e. The van der Waals surface area contributed by atoms with Crippen LogP contribution < -0.4 is 4.74 Å². The molecule has 0 atom stereocenters. The molecule has 120 valence electrons. The second-order valence-corrected chi connectivity index (χ2v) is 5.75. The number of amides is 1. The van der Waals surface area contributed by atoms with Crippen molar-refractivity contribution < 1.29 is 9.53 Å². The summed E-state index contributed by atoms with van der Waals surface area (Å²) in [6, 6.07) is 14.1. The number of likely N-dealkylation sites (N-methyl/N-ethyl adjacent to an activating group) is 1. The monoisotopic (exact) mass is 309 g/mol. The number of aryl methyl sites for hydroxylation is 2. The van der Waals surface area contributed by atoms with E-state index in [2.05, 4.69) is 0 Å². The number of carbonyl (C=O) groups is 1. The van der Waals surface area contributed by atoms with Crippen molar-refractivity contribution in [3.8, 4) is 5.75 Å². The number of carbonyl (C=O) groups excluding carboxylic acids is 1. The third kappa shape index (κ3) is 4.71. The maximum atomic E-state index is 12.3. The highest BCUT2D eigenvalue weighted by atomic mass is 16.5. The van der Waals surface area contributed by atoms with Gasteiger partial charge in [-0.3, -0.25) is 4.79 Å². The van der Waals surface area contributed by atoms with Crippen LogP contribution in [0.4, 0.5) is 0 Å². The van der Waals surface area contributed by atoms with Gasteiger partial charge in [-0.15, -0.1) is 0 Å². The summed E-state index contributed by atoms with van der Waals surface area (Å²) in [7, 11) is 3.44. The predicted molar refractivity (Wildman–Crippen MR) is 94.4 cm³/mol. The fourth-order valence-electron chi connectivity index (χ4n) is 2.34. The number of hydrogen-bond donors (Lipinski definition) is 0. The van der Waals surface area contributed by atoms with Crippen molar-refractivity contribution >= 4 is 12.0 Å². The molecule has 0 aliphatic heterocycles. The molecule has 0 radical (unpaired) electrons. The standard InChI is InChI=1S/C20H23NO2/c1-15-5-8-17(9-6-15)10-12-20(22)21(3)14-18-13-16(2)7-11-19(18)23-4/h5-13H,14H2,1-4H3/b12-10+.